The molecule has 160 valence electrons. The fourth-order valence-corrected chi connectivity index (χ4v) is 3.40. The summed E-state index contributed by atoms with van der Waals surface area (Å²) in [6.07, 6.45) is 3.52. The molecule has 1 aliphatic heterocycles. The van der Waals surface area contributed by atoms with Crippen molar-refractivity contribution in [1.29, 1.82) is 0 Å². The number of aryl methyl sites for hydroxylation is 1. The summed E-state index contributed by atoms with van der Waals surface area (Å²) in [4.78, 5) is 26.7. The standard InChI is InChI=1S/C24H30N2O4/c1-4-6-7-14-26-21-15-19(10-13-22(21)30-17(3)24(26)28)25-23(27)16-29-20-11-8-18(5-2)9-12-20/h8-13,15,17H,4-7,14,16H2,1-3H3,(H,25,27). The highest BCUT2D eigenvalue weighted by Gasteiger charge is 2.31. The van der Waals surface area contributed by atoms with E-state index in [4.69, 9.17) is 9.47 Å². The zero-order chi connectivity index (χ0) is 21.5. The SMILES string of the molecule is CCCCCN1C(=O)C(C)Oc2ccc(NC(=O)COc3ccc(CC)cc3)cc21. The summed E-state index contributed by atoms with van der Waals surface area (Å²) < 4.78 is 11.3. The molecule has 2 amide bonds. The Morgan fingerprint density at radius 1 is 1.13 bits per heavy atom. The van der Waals surface area contributed by atoms with Gasteiger partial charge < -0.3 is 19.7 Å². The molecule has 2 aromatic carbocycles. The van der Waals surface area contributed by atoms with Gasteiger partial charge in [-0.25, -0.2) is 0 Å². The molecule has 6 heteroatoms. The fraction of sp³-hybridized carbons (Fsp3) is 0.417. The van der Waals surface area contributed by atoms with Crippen molar-refractivity contribution in [3.63, 3.8) is 0 Å². The highest BCUT2D eigenvalue weighted by atomic mass is 16.5. The molecule has 30 heavy (non-hydrogen) atoms. The van der Waals surface area contributed by atoms with Crippen LogP contribution in [0.1, 0.15) is 45.6 Å². The molecule has 1 heterocycles. The maximum Gasteiger partial charge on any atom is 0.267 e. The van der Waals surface area contributed by atoms with Crippen LogP contribution in [-0.4, -0.2) is 31.1 Å². The molecule has 0 aliphatic carbocycles. The highest BCUT2D eigenvalue weighted by molar-refractivity contribution is 6.01. The molecule has 0 spiro atoms. The van der Waals surface area contributed by atoms with Crippen LogP contribution in [0.5, 0.6) is 11.5 Å². The average Bonchev–Trinajstić information content (AvgIpc) is 2.76. The van der Waals surface area contributed by atoms with E-state index in [0.29, 0.717) is 29.4 Å². The number of anilines is 2. The second-order valence-corrected chi connectivity index (χ2v) is 7.47. The molecule has 2 aromatic rings. The number of fused-ring (bicyclic) bond motifs is 1. The van der Waals surface area contributed by atoms with E-state index < -0.39 is 6.10 Å². The molecule has 3 rings (SSSR count). The van der Waals surface area contributed by atoms with Crippen LogP contribution in [0.25, 0.3) is 0 Å². The van der Waals surface area contributed by atoms with Crippen LogP contribution in [0.2, 0.25) is 0 Å². The van der Waals surface area contributed by atoms with Gasteiger partial charge in [-0.1, -0.05) is 38.8 Å². The number of nitrogens with zero attached hydrogens (tertiary/aromatic N) is 1. The third-order valence-corrected chi connectivity index (χ3v) is 5.14. The first-order valence-electron chi connectivity index (χ1n) is 10.7. The first-order valence-corrected chi connectivity index (χ1v) is 10.7. The Balaban J connectivity index is 1.65. The number of hydrogen-bond acceptors (Lipinski definition) is 4. The maximum atomic E-state index is 12.6. The summed E-state index contributed by atoms with van der Waals surface area (Å²) >= 11 is 0. The quantitative estimate of drug-likeness (QED) is 0.615. The van der Waals surface area contributed by atoms with Crippen LogP contribution >= 0.6 is 0 Å². The minimum absolute atomic E-state index is 0.0547. The molecule has 0 bridgehead atoms. The van der Waals surface area contributed by atoms with Crippen molar-refractivity contribution in [1.82, 2.24) is 0 Å². The van der Waals surface area contributed by atoms with Gasteiger partial charge >= 0.3 is 0 Å². The smallest absolute Gasteiger partial charge is 0.267 e. The molecule has 0 saturated heterocycles. The van der Waals surface area contributed by atoms with Crippen molar-refractivity contribution in [2.45, 2.75) is 52.6 Å². The minimum atomic E-state index is -0.507. The van der Waals surface area contributed by atoms with Gasteiger partial charge in [0.1, 0.15) is 11.5 Å². The second kappa shape index (κ2) is 10.1. The number of carbonyl (C=O) groups is 2. The van der Waals surface area contributed by atoms with E-state index in [2.05, 4.69) is 19.2 Å². The molecule has 0 fully saturated rings. The Kier molecular flexibility index (Phi) is 7.33. The van der Waals surface area contributed by atoms with E-state index in [1.165, 1.54) is 5.56 Å². The number of hydrogen-bond donors (Lipinski definition) is 1. The number of benzene rings is 2. The number of nitrogens with one attached hydrogen (secondary N) is 1. The van der Waals surface area contributed by atoms with Gasteiger partial charge in [-0.05, 0) is 55.7 Å². The molecule has 1 atom stereocenters. The third kappa shape index (κ3) is 5.32. The van der Waals surface area contributed by atoms with Gasteiger partial charge in [-0.2, -0.15) is 0 Å². The van der Waals surface area contributed by atoms with Crippen LogP contribution in [-0.2, 0) is 16.0 Å². The van der Waals surface area contributed by atoms with E-state index in [9.17, 15) is 9.59 Å². The first kappa shape index (κ1) is 21.7. The number of carbonyl (C=O) groups excluding carboxylic acids is 2. The van der Waals surface area contributed by atoms with Crippen LogP contribution in [0.3, 0.4) is 0 Å². The second-order valence-electron chi connectivity index (χ2n) is 7.47. The Hall–Kier alpha value is -3.02. The molecule has 0 saturated carbocycles. The van der Waals surface area contributed by atoms with Gasteiger partial charge in [0.25, 0.3) is 11.8 Å². The zero-order valence-corrected chi connectivity index (χ0v) is 17.9. The number of unbranched alkanes of at least 4 members (excludes halogenated alkanes) is 2. The van der Waals surface area contributed by atoms with E-state index in [-0.39, 0.29) is 18.4 Å². The van der Waals surface area contributed by atoms with Crippen molar-refractivity contribution in [2.75, 3.05) is 23.4 Å². The lowest BCUT2D eigenvalue weighted by molar-refractivity contribution is -0.125. The Morgan fingerprint density at radius 2 is 1.90 bits per heavy atom. The lowest BCUT2D eigenvalue weighted by Crippen LogP contribution is -2.44. The van der Waals surface area contributed by atoms with Crippen LogP contribution in [0.4, 0.5) is 11.4 Å². The molecule has 0 aromatic heterocycles. The zero-order valence-electron chi connectivity index (χ0n) is 17.9. The molecule has 6 nitrogen and oxygen atoms in total. The minimum Gasteiger partial charge on any atom is -0.484 e. The fourth-order valence-electron chi connectivity index (χ4n) is 3.40. The van der Waals surface area contributed by atoms with Gasteiger partial charge in [0.05, 0.1) is 5.69 Å². The lowest BCUT2D eigenvalue weighted by atomic mass is 10.1. The van der Waals surface area contributed by atoms with Crippen molar-refractivity contribution >= 4 is 23.2 Å². The summed E-state index contributed by atoms with van der Waals surface area (Å²) in [7, 11) is 0. The van der Waals surface area contributed by atoms with Gasteiger partial charge in [0.15, 0.2) is 12.7 Å². The van der Waals surface area contributed by atoms with Crippen molar-refractivity contribution in [3.8, 4) is 11.5 Å². The first-order chi connectivity index (χ1) is 14.5. The van der Waals surface area contributed by atoms with E-state index in [1.807, 2.05) is 24.3 Å². The molecule has 0 radical (unpaired) electrons. The molecular weight excluding hydrogens is 380 g/mol. The number of amides is 2. The third-order valence-electron chi connectivity index (χ3n) is 5.14. The summed E-state index contributed by atoms with van der Waals surface area (Å²) in [5.74, 6) is 0.996. The summed E-state index contributed by atoms with van der Waals surface area (Å²) in [6, 6.07) is 13.1. The van der Waals surface area contributed by atoms with Crippen LogP contribution < -0.4 is 19.7 Å². The van der Waals surface area contributed by atoms with Crippen LogP contribution in [0.15, 0.2) is 42.5 Å². The maximum absolute atomic E-state index is 12.6. The van der Waals surface area contributed by atoms with E-state index in [0.717, 1.165) is 25.7 Å². The van der Waals surface area contributed by atoms with Crippen molar-refractivity contribution < 1.29 is 19.1 Å². The predicted octanol–water partition coefficient (Wildman–Crippen LogP) is 4.57. The average molecular weight is 411 g/mol. The highest BCUT2D eigenvalue weighted by Crippen LogP contribution is 2.36. The van der Waals surface area contributed by atoms with Crippen LogP contribution in [0, 0.1) is 0 Å². The van der Waals surface area contributed by atoms with E-state index >= 15 is 0 Å². The van der Waals surface area contributed by atoms with Gasteiger partial charge in [0, 0.05) is 12.2 Å². The summed E-state index contributed by atoms with van der Waals surface area (Å²) in [6.45, 7) is 6.53. The van der Waals surface area contributed by atoms with Crippen molar-refractivity contribution in [2.24, 2.45) is 0 Å². The largest absolute Gasteiger partial charge is 0.484 e. The summed E-state index contributed by atoms with van der Waals surface area (Å²) in [5.41, 5.74) is 2.52. The monoisotopic (exact) mass is 410 g/mol. The summed E-state index contributed by atoms with van der Waals surface area (Å²) in [5, 5.41) is 2.84. The van der Waals surface area contributed by atoms with E-state index in [1.54, 1.807) is 30.0 Å². The van der Waals surface area contributed by atoms with Gasteiger partial charge in [-0.15, -0.1) is 0 Å². The molecule has 1 N–H and O–H groups in total. The molecule has 1 aliphatic rings. The lowest BCUT2D eigenvalue weighted by Gasteiger charge is -2.33. The van der Waals surface area contributed by atoms with Crippen molar-refractivity contribution in [3.05, 3.63) is 48.0 Å². The van der Waals surface area contributed by atoms with Gasteiger partial charge in [0.2, 0.25) is 0 Å². The number of ether oxygens (including phenoxy) is 2. The molecular formula is C24H30N2O4. The Labute approximate surface area is 178 Å². The van der Waals surface area contributed by atoms with Gasteiger partial charge in [-0.3, -0.25) is 9.59 Å². The topological polar surface area (TPSA) is 67.9 Å². The number of rotatable bonds is 9. The molecule has 1 unspecified atom stereocenters. The normalized spacial score (nSPS) is 15.4. The Bertz CT molecular complexity index is 879. The predicted molar refractivity (Wildman–Crippen MR) is 118 cm³/mol. The Morgan fingerprint density at radius 3 is 2.60 bits per heavy atom.